The summed E-state index contributed by atoms with van der Waals surface area (Å²) in [7, 11) is 0. The zero-order valence-electron chi connectivity index (χ0n) is 7.61. The quantitative estimate of drug-likeness (QED) is 0.340. The third-order valence-electron chi connectivity index (χ3n) is 2.24. The largest absolute Gasteiger partial charge is 0.303 e. The maximum atomic E-state index is 8.09. The highest BCUT2D eigenvalue weighted by Crippen LogP contribution is 2.29. The second kappa shape index (κ2) is 5.01. The Morgan fingerprint density at radius 2 is 2.33 bits per heavy atom. The zero-order valence-corrected chi connectivity index (χ0v) is 7.61. The van der Waals surface area contributed by atoms with Crippen molar-refractivity contribution in [3.05, 3.63) is 10.4 Å². The molecule has 0 atom stereocenters. The highest BCUT2D eigenvalue weighted by atomic mass is 15.2. The monoisotopic (exact) mass is 168 g/mol. The average Bonchev–Trinajstić information content (AvgIpc) is 2.87. The second-order valence-corrected chi connectivity index (χ2v) is 3.29. The predicted molar refractivity (Wildman–Crippen MR) is 48.9 cm³/mol. The normalized spacial score (nSPS) is 16.2. The SMILES string of the molecule is CCN(CCN=[N+]=[N-])CC1CC1. The van der Waals surface area contributed by atoms with E-state index in [-0.39, 0.29) is 0 Å². The minimum Gasteiger partial charge on any atom is -0.303 e. The second-order valence-electron chi connectivity index (χ2n) is 3.29. The molecule has 1 aliphatic rings. The van der Waals surface area contributed by atoms with Crippen LogP contribution < -0.4 is 0 Å². The van der Waals surface area contributed by atoms with Crippen molar-refractivity contribution in [3.63, 3.8) is 0 Å². The molecule has 0 N–H and O–H groups in total. The molecule has 4 nitrogen and oxygen atoms in total. The van der Waals surface area contributed by atoms with Crippen LogP contribution >= 0.6 is 0 Å². The molecule has 0 aromatic rings. The molecule has 1 rings (SSSR count). The molecule has 0 radical (unpaired) electrons. The molecule has 0 heterocycles. The Bertz CT molecular complexity index is 170. The first-order chi connectivity index (χ1) is 5.86. The maximum absolute atomic E-state index is 8.09. The molecule has 0 unspecified atom stereocenters. The van der Waals surface area contributed by atoms with E-state index in [0.717, 1.165) is 19.0 Å². The zero-order chi connectivity index (χ0) is 8.81. The molecule has 68 valence electrons. The van der Waals surface area contributed by atoms with Gasteiger partial charge < -0.3 is 4.90 Å². The lowest BCUT2D eigenvalue weighted by Crippen LogP contribution is -2.28. The van der Waals surface area contributed by atoms with Crippen molar-refractivity contribution in [1.29, 1.82) is 0 Å². The van der Waals surface area contributed by atoms with Crippen molar-refractivity contribution in [2.75, 3.05) is 26.2 Å². The topological polar surface area (TPSA) is 52.0 Å². The van der Waals surface area contributed by atoms with Gasteiger partial charge in [-0.15, -0.1) is 0 Å². The fraction of sp³-hybridized carbons (Fsp3) is 1.00. The van der Waals surface area contributed by atoms with Crippen LogP contribution in [0.3, 0.4) is 0 Å². The number of likely N-dealkylation sites (N-methyl/N-ethyl adjacent to an activating group) is 1. The van der Waals surface area contributed by atoms with Gasteiger partial charge in [0, 0.05) is 24.5 Å². The molecule has 1 aliphatic carbocycles. The first-order valence-corrected chi connectivity index (χ1v) is 4.60. The Hall–Kier alpha value is -0.730. The average molecular weight is 168 g/mol. The summed E-state index contributed by atoms with van der Waals surface area (Å²) in [5, 5.41) is 3.53. The van der Waals surface area contributed by atoms with Gasteiger partial charge in [-0.05, 0) is 30.8 Å². The van der Waals surface area contributed by atoms with Crippen LogP contribution in [0, 0.1) is 5.92 Å². The van der Waals surface area contributed by atoms with E-state index in [4.69, 9.17) is 5.53 Å². The van der Waals surface area contributed by atoms with Crippen LogP contribution in [0.25, 0.3) is 10.4 Å². The van der Waals surface area contributed by atoms with E-state index in [1.807, 2.05) is 0 Å². The fourth-order valence-electron chi connectivity index (χ4n) is 1.27. The summed E-state index contributed by atoms with van der Waals surface area (Å²) in [4.78, 5) is 5.09. The van der Waals surface area contributed by atoms with E-state index < -0.39 is 0 Å². The van der Waals surface area contributed by atoms with Crippen molar-refractivity contribution >= 4 is 0 Å². The summed E-state index contributed by atoms with van der Waals surface area (Å²) in [6.07, 6.45) is 2.77. The summed E-state index contributed by atoms with van der Waals surface area (Å²) in [5.74, 6) is 0.927. The van der Waals surface area contributed by atoms with E-state index in [9.17, 15) is 0 Å². The number of nitrogens with zero attached hydrogens (tertiary/aromatic N) is 4. The first kappa shape index (κ1) is 9.36. The van der Waals surface area contributed by atoms with Crippen molar-refractivity contribution in [2.24, 2.45) is 11.0 Å². The van der Waals surface area contributed by atoms with Crippen LogP contribution in [0.2, 0.25) is 0 Å². The summed E-state index contributed by atoms with van der Waals surface area (Å²) < 4.78 is 0. The van der Waals surface area contributed by atoms with E-state index in [1.54, 1.807) is 0 Å². The smallest absolute Gasteiger partial charge is 0.0385 e. The van der Waals surface area contributed by atoms with Crippen LogP contribution in [-0.4, -0.2) is 31.1 Å². The number of rotatable bonds is 6. The van der Waals surface area contributed by atoms with Crippen molar-refractivity contribution < 1.29 is 0 Å². The van der Waals surface area contributed by atoms with Crippen LogP contribution in [-0.2, 0) is 0 Å². The predicted octanol–water partition coefficient (Wildman–Crippen LogP) is 2.03. The van der Waals surface area contributed by atoms with Crippen molar-refractivity contribution in [1.82, 2.24) is 4.90 Å². The van der Waals surface area contributed by atoms with Crippen molar-refractivity contribution in [2.45, 2.75) is 19.8 Å². The van der Waals surface area contributed by atoms with Crippen LogP contribution in [0.4, 0.5) is 0 Å². The van der Waals surface area contributed by atoms with Gasteiger partial charge in [0.1, 0.15) is 0 Å². The lowest BCUT2D eigenvalue weighted by Gasteiger charge is -2.18. The summed E-state index contributed by atoms with van der Waals surface area (Å²) in [6, 6.07) is 0. The Morgan fingerprint density at radius 3 is 2.83 bits per heavy atom. The van der Waals surface area contributed by atoms with Gasteiger partial charge in [0.25, 0.3) is 0 Å². The molecule has 0 aromatic heterocycles. The Morgan fingerprint density at radius 1 is 1.58 bits per heavy atom. The molecule has 0 spiro atoms. The molecule has 1 saturated carbocycles. The van der Waals surface area contributed by atoms with Gasteiger partial charge in [-0.3, -0.25) is 0 Å². The van der Waals surface area contributed by atoms with Gasteiger partial charge in [-0.2, -0.15) is 0 Å². The Labute approximate surface area is 73.2 Å². The molecule has 0 saturated heterocycles. The van der Waals surface area contributed by atoms with E-state index >= 15 is 0 Å². The van der Waals surface area contributed by atoms with Crippen molar-refractivity contribution in [3.8, 4) is 0 Å². The molecule has 4 heteroatoms. The summed E-state index contributed by atoms with van der Waals surface area (Å²) in [6.45, 7) is 5.93. The Kier molecular flexibility index (Phi) is 3.91. The molecule has 0 amide bonds. The lowest BCUT2D eigenvalue weighted by atomic mass is 10.3. The molecular formula is C8H16N4. The molecule has 0 aromatic carbocycles. The van der Waals surface area contributed by atoms with Crippen LogP contribution in [0.1, 0.15) is 19.8 Å². The molecule has 12 heavy (non-hydrogen) atoms. The number of hydrogen-bond donors (Lipinski definition) is 0. The number of azide groups is 1. The highest BCUT2D eigenvalue weighted by Gasteiger charge is 2.23. The van der Waals surface area contributed by atoms with Gasteiger partial charge >= 0.3 is 0 Å². The number of hydrogen-bond acceptors (Lipinski definition) is 2. The van der Waals surface area contributed by atoms with Crippen LogP contribution in [0.5, 0.6) is 0 Å². The third kappa shape index (κ3) is 3.60. The van der Waals surface area contributed by atoms with E-state index in [1.165, 1.54) is 19.4 Å². The lowest BCUT2D eigenvalue weighted by molar-refractivity contribution is 0.284. The van der Waals surface area contributed by atoms with E-state index in [2.05, 4.69) is 21.8 Å². The summed E-state index contributed by atoms with van der Waals surface area (Å²) in [5.41, 5.74) is 8.09. The van der Waals surface area contributed by atoms with Gasteiger partial charge in [0.15, 0.2) is 0 Å². The standard InChI is InChI=1S/C8H16N4/c1-2-12(6-5-10-11-9)7-8-3-4-8/h8H,2-7H2,1H3. The Balaban J connectivity index is 2.10. The van der Waals surface area contributed by atoms with Gasteiger partial charge in [0.2, 0.25) is 0 Å². The molecule has 0 aliphatic heterocycles. The highest BCUT2D eigenvalue weighted by molar-refractivity contribution is 4.77. The van der Waals surface area contributed by atoms with Gasteiger partial charge in [-0.1, -0.05) is 12.0 Å². The third-order valence-corrected chi connectivity index (χ3v) is 2.24. The van der Waals surface area contributed by atoms with E-state index in [0.29, 0.717) is 6.54 Å². The van der Waals surface area contributed by atoms with Gasteiger partial charge in [0.05, 0.1) is 0 Å². The molecule has 1 fully saturated rings. The summed E-state index contributed by atoms with van der Waals surface area (Å²) >= 11 is 0. The van der Waals surface area contributed by atoms with Gasteiger partial charge in [-0.25, -0.2) is 0 Å². The minimum absolute atomic E-state index is 0.608. The maximum Gasteiger partial charge on any atom is 0.0385 e. The minimum atomic E-state index is 0.608. The molecular weight excluding hydrogens is 152 g/mol. The fourth-order valence-corrected chi connectivity index (χ4v) is 1.27. The van der Waals surface area contributed by atoms with Crippen LogP contribution in [0.15, 0.2) is 5.11 Å². The molecule has 0 bridgehead atoms. The first-order valence-electron chi connectivity index (χ1n) is 4.60.